The third-order valence-electron chi connectivity index (χ3n) is 2.66. The molecule has 0 aliphatic heterocycles. The number of rotatable bonds is 5. The first-order valence-corrected chi connectivity index (χ1v) is 5.47. The lowest BCUT2D eigenvalue weighted by molar-refractivity contribution is 0.100. The topological polar surface area (TPSA) is 82.1 Å². The molecule has 0 aromatic heterocycles. The van der Waals surface area contributed by atoms with E-state index >= 15 is 0 Å². The average molecular weight is 268 g/mol. The molecule has 0 heterocycles. The van der Waals surface area contributed by atoms with Gasteiger partial charge in [-0.2, -0.15) is 0 Å². The summed E-state index contributed by atoms with van der Waals surface area (Å²) < 4.78 is 15.3. The number of hydrogen-bond donors (Lipinski definition) is 1. The Morgan fingerprint density at radius 3 is 1.32 bits per heavy atom. The predicted molar refractivity (Wildman–Crippen MR) is 67.8 cm³/mol. The van der Waals surface area contributed by atoms with Gasteiger partial charge in [-0.05, 0) is 13.8 Å². The number of hydrogen-bond acceptors (Lipinski definition) is 6. The van der Waals surface area contributed by atoms with Crippen molar-refractivity contribution < 1.29 is 28.9 Å². The third kappa shape index (κ3) is 2.33. The fourth-order valence-electron chi connectivity index (χ4n) is 1.90. The van der Waals surface area contributed by atoms with Crippen LogP contribution in [-0.4, -0.2) is 38.0 Å². The molecule has 6 heteroatoms. The highest BCUT2D eigenvalue weighted by Crippen LogP contribution is 2.48. The molecule has 0 saturated carbocycles. The molecular formula is C13H16O6. The van der Waals surface area contributed by atoms with Crippen molar-refractivity contribution in [2.24, 2.45) is 0 Å². The van der Waals surface area contributed by atoms with Crippen molar-refractivity contribution in [2.45, 2.75) is 13.8 Å². The molecule has 1 N–H and O–H groups in total. The van der Waals surface area contributed by atoms with E-state index in [1.165, 1.54) is 35.2 Å². The van der Waals surface area contributed by atoms with Gasteiger partial charge in [-0.1, -0.05) is 0 Å². The van der Waals surface area contributed by atoms with Gasteiger partial charge in [0.1, 0.15) is 16.9 Å². The molecule has 0 aliphatic rings. The van der Waals surface area contributed by atoms with Gasteiger partial charge in [-0.25, -0.2) is 0 Å². The Balaban J connectivity index is 3.91. The van der Waals surface area contributed by atoms with E-state index in [-0.39, 0.29) is 28.4 Å². The summed E-state index contributed by atoms with van der Waals surface area (Å²) >= 11 is 0. The number of ketones is 2. The molecule has 0 saturated heterocycles. The molecule has 0 atom stereocenters. The number of carbonyl (C=O) groups is 2. The van der Waals surface area contributed by atoms with Crippen LogP contribution in [0.3, 0.4) is 0 Å². The third-order valence-corrected chi connectivity index (χ3v) is 2.66. The lowest BCUT2D eigenvalue weighted by Gasteiger charge is -2.19. The van der Waals surface area contributed by atoms with Crippen molar-refractivity contribution in [1.82, 2.24) is 0 Å². The molecule has 0 radical (unpaired) electrons. The summed E-state index contributed by atoms with van der Waals surface area (Å²) in [5.41, 5.74) is -0.212. The fraction of sp³-hybridized carbons (Fsp3) is 0.385. The molecule has 0 amide bonds. The average Bonchev–Trinajstić information content (AvgIpc) is 2.35. The first kappa shape index (κ1) is 14.8. The number of benzene rings is 1. The number of phenolic OH excluding ortho intramolecular Hbond substituents is 1. The smallest absolute Gasteiger partial charge is 0.205 e. The quantitative estimate of drug-likeness (QED) is 0.820. The van der Waals surface area contributed by atoms with Crippen LogP contribution in [0.25, 0.3) is 0 Å². The number of methoxy groups -OCH3 is 3. The van der Waals surface area contributed by atoms with Gasteiger partial charge < -0.3 is 19.3 Å². The lowest BCUT2D eigenvalue weighted by Crippen LogP contribution is -2.08. The molecule has 0 fully saturated rings. The van der Waals surface area contributed by atoms with Crippen LogP contribution >= 0.6 is 0 Å². The van der Waals surface area contributed by atoms with E-state index in [4.69, 9.17) is 14.2 Å². The van der Waals surface area contributed by atoms with Gasteiger partial charge in [0, 0.05) is 0 Å². The number of ether oxygens (including phenoxy) is 3. The van der Waals surface area contributed by atoms with Gasteiger partial charge in [0.05, 0.1) is 21.3 Å². The first-order chi connectivity index (χ1) is 8.90. The van der Waals surface area contributed by atoms with Crippen LogP contribution in [0.5, 0.6) is 23.0 Å². The van der Waals surface area contributed by atoms with E-state index in [9.17, 15) is 14.7 Å². The molecule has 19 heavy (non-hydrogen) atoms. The molecular weight excluding hydrogens is 252 g/mol. The number of phenols is 1. The zero-order chi connectivity index (χ0) is 14.7. The Bertz CT molecular complexity index is 489. The SMILES string of the molecule is COc1c(OC)c(C(C)=O)c(O)c(C(C)=O)c1OC. The monoisotopic (exact) mass is 268 g/mol. The van der Waals surface area contributed by atoms with E-state index in [1.54, 1.807) is 0 Å². The van der Waals surface area contributed by atoms with Gasteiger partial charge >= 0.3 is 0 Å². The predicted octanol–water partition coefficient (Wildman–Crippen LogP) is 1.82. The second kappa shape index (κ2) is 5.60. The summed E-state index contributed by atoms with van der Waals surface area (Å²) in [6, 6.07) is 0. The maximum Gasteiger partial charge on any atom is 0.205 e. The van der Waals surface area contributed by atoms with E-state index in [0.29, 0.717) is 0 Å². The Morgan fingerprint density at radius 1 is 0.789 bits per heavy atom. The number of carbonyl (C=O) groups excluding carboxylic acids is 2. The van der Waals surface area contributed by atoms with Crippen LogP contribution in [0.1, 0.15) is 34.6 Å². The van der Waals surface area contributed by atoms with Crippen LogP contribution in [0.2, 0.25) is 0 Å². The first-order valence-electron chi connectivity index (χ1n) is 5.47. The molecule has 0 spiro atoms. The molecule has 104 valence electrons. The molecule has 1 aromatic rings. The van der Waals surface area contributed by atoms with Crippen molar-refractivity contribution >= 4 is 11.6 Å². The van der Waals surface area contributed by atoms with Gasteiger partial charge in [-0.15, -0.1) is 0 Å². The Morgan fingerprint density at radius 2 is 1.11 bits per heavy atom. The molecule has 6 nitrogen and oxygen atoms in total. The highest BCUT2D eigenvalue weighted by atomic mass is 16.5. The van der Waals surface area contributed by atoms with E-state index in [2.05, 4.69) is 0 Å². The summed E-state index contributed by atoms with van der Waals surface area (Å²) in [4.78, 5) is 23.3. The van der Waals surface area contributed by atoms with Gasteiger partial charge in [0.25, 0.3) is 0 Å². The maximum absolute atomic E-state index is 11.6. The van der Waals surface area contributed by atoms with Crippen molar-refractivity contribution in [3.05, 3.63) is 11.1 Å². The highest BCUT2D eigenvalue weighted by molar-refractivity contribution is 6.09. The van der Waals surface area contributed by atoms with Gasteiger partial charge in [0.15, 0.2) is 23.1 Å². The number of aromatic hydroxyl groups is 1. The van der Waals surface area contributed by atoms with Crippen molar-refractivity contribution in [3.63, 3.8) is 0 Å². The minimum Gasteiger partial charge on any atom is -0.506 e. The van der Waals surface area contributed by atoms with E-state index in [0.717, 1.165) is 0 Å². The normalized spacial score (nSPS) is 9.95. The van der Waals surface area contributed by atoms with Crippen molar-refractivity contribution in [2.75, 3.05) is 21.3 Å². The zero-order valence-corrected chi connectivity index (χ0v) is 11.5. The Labute approximate surface area is 110 Å². The summed E-state index contributed by atoms with van der Waals surface area (Å²) in [6.07, 6.45) is 0. The fourth-order valence-corrected chi connectivity index (χ4v) is 1.90. The maximum atomic E-state index is 11.6. The van der Waals surface area contributed by atoms with Crippen LogP contribution in [0, 0.1) is 0 Å². The van der Waals surface area contributed by atoms with Crippen LogP contribution in [0.15, 0.2) is 0 Å². The summed E-state index contributed by atoms with van der Waals surface area (Å²) in [7, 11) is 4.01. The Kier molecular flexibility index (Phi) is 4.37. The second-order valence-corrected chi connectivity index (χ2v) is 3.81. The van der Waals surface area contributed by atoms with Crippen LogP contribution in [0.4, 0.5) is 0 Å². The summed E-state index contributed by atoms with van der Waals surface area (Å²) in [5.74, 6) is -1.19. The molecule has 1 aromatic carbocycles. The van der Waals surface area contributed by atoms with Crippen molar-refractivity contribution in [1.29, 1.82) is 0 Å². The minimum atomic E-state index is -0.463. The molecule has 0 bridgehead atoms. The summed E-state index contributed by atoms with van der Waals surface area (Å²) in [6.45, 7) is 2.51. The molecule has 1 rings (SSSR count). The molecule has 0 unspecified atom stereocenters. The molecule has 0 aliphatic carbocycles. The summed E-state index contributed by atoms with van der Waals surface area (Å²) in [5, 5.41) is 10.1. The minimum absolute atomic E-state index is 0.0364. The van der Waals surface area contributed by atoms with Crippen molar-refractivity contribution in [3.8, 4) is 23.0 Å². The van der Waals surface area contributed by atoms with Crippen LogP contribution in [-0.2, 0) is 0 Å². The largest absolute Gasteiger partial charge is 0.506 e. The highest BCUT2D eigenvalue weighted by Gasteiger charge is 2.30. The number of Topliss-reactive ketones (excluding diaryl/α,β-unsaturated/α-hetero) is 2. The second-order valence-electron chi connectivity index (χ2n) is 3.81. The van der Waals surface area contributed by atoms with Gasteiger partial charge in [-0.3, -0.25) is 9.59 Å². The van der Waals surface area contributed by atoms with Crippen LogP contribution < -0.4 is 14.2 Å². The van der Waals surface area contributed by atoms with E-state index < -0.39 is 17.3 Å². The zero-order valence-electron chi connectivity index (χ0n) is 11.5. The van der Waals surface area contributed by atoms with E-state index in [1.807, 2.05) is 0 Å². The standard InChI is InChI=1S/C13H16O6/c1-6(14)8-10(16)9(7(2)15)12(18-4)13(19-5)11(8)17-3/h16H,1-5H3. The van der Waals surface area contributed by atoms with Gasteiger partial charge in [0.2, 0.25) is 5.75 Å². The lowest BCUT2D eigenvalue weighted by atomic mass is 10.00. The Hall–Kier alpha value is -2.24.